The number of fused-ring (bicyclic) bond motifs is 1. The minimum absolute atomic E-state index is 0.0664. The number of aromatic nitrogens is 2. The second-order valence-corrected chi connectivity index (χ2v) is 8.32. The zero-order chi connectivity index (χ0) is 21.0. The molecule has 0 spiro atoms. The Morgan fingerprint density at radius 3 is 2.83 bits per heavy atom. The lowest BCUT2D eigenvalue weighted by Crippen LogP contribution is -2.20. The average Bonchev–Trinajstić information content (AvgIpc) is 3.15. The lowest BCUT2D eigenvalue weighted by Gasteiger charge is -2.23. The fourth-order valence-electron chi connectivity index (χ4n) is 3.06. The standard InChI is InChI=1S/C10H12N2O3S.C9H11O3P/c1-6-2-3-8(15-6)12-4-7(5-13)9(14)11-10(12)16;1-7-4-3-5-8-6-11-13(10-2)12-9(7)8/h4-6,8H,2-3H2,1H3,(H,11,14,16);3-5H,6H2,1-2H3. The van der Waals surface area contributed by atoms with Gasteiger partial charge < -0.3 is 13.8 Å². The van der Waals surface area contributed by atoms with Gasteiger partial charge in [0.1, 0.15) is 12.0 Å². The molecule has 10 heteroatoms. The number of para-hydroxylation sites is 1. The molecule has 0 bridgehead atoms. The van der Waals surface area contributed by atoms with Gasteiger partial charge in [0.15, 0.2) is 11.1 Å². The number of H-pyrrole nitrogens is 1. The van der Waals surface area contributed by atoms with Crippen molar-refractivity contribution in [1.29, 1.82) is 0 Å². The van der Waals surface area contributed by atoms with Crippen molar-refractivity contribution >= 4 is 27.1 Å². The van der Waals surface area contributed by atoms with E-state index in [-0.39, 0.29) is 22.7 Å². The van der Waals surface area contributed by atoms with Crippen molar-refractivity contribution in [2.45, 2.75) is 45.6 Å². The van der Waals surface area contributed by atoms with Crippen LogP contribution < -0.4 is 10.1 Å². The van der Waals surface area contributed by atoms with Crippen LogP contribution >= 0.6 is 20.8 Å². The Balaban J connectivity index is 0.000000169. The molecule has 1 aromatic heterocycles. The summed E-state index contributed by atoms with van der Waals surface area (Å²) in [6.45, 7) is 4.58. The molecule has 4 rings (SSSR count). The molecule has 1 saturated heterocycles. The second kappa shape index (κ2) is 9.73. The monoisotopic (exact) mass is 438 g/mol. The van der Waals surface area contributed by atoms with E-state index in [1.807, 2.05) is 32.0 Å². The zero-order valence-corrected chi connectivity index (χ0v) is 18.1. The lowest BCUT2D eigenvalue weighted by molar-refractivity contribution is 0.00904. The summed E-state index contributed by atoms with van der Waals surface area (Å²) >= 11 is 5.03. The molecule has 2 aliphatic rings. The Hall–Kier alpha value is -1.90. The molecule has 3 atom stereocenters. The fourth-order valence-corrected chi connectivity index (χ4v) is 4.21. The third kappa shape index (κ3) is 5.18. The highest BCUT2D eigenvalue weighted by Crippen LogP contribution is 2.47. The van der Waals surface area contributed by atoms with Crippen LogP contribution in [-0.4, -0.2) is 29.1 Å². The molecule has 29 heavy (non-hydrogen) atoms. The molecule has 1 aromatic carbocycles. The van der Waals surface area contributed by atoms with E-state index < -0.39 is 14.2 Å². The third-order valence-corrected chi connectivity index (χ3v) is 5.86. The number of carbonyl (C=O) groups is 1. The molecule has 0 amide bonds. The molecule has 2 aromatic rings. The number of carbonyl (C=O) groups excluding carboxylic acids is 1. The average molecular weight is 438 g/mol. The predicted molar refractivity (Wildman–Crippen MR) is 111 cm³/mol. The van der Waals surface area contributed by atoms with E-state index in [0.717, 1.165) is 29.7 Å². The molecular formula is C19H23N2O6PS. The quantitative estimate of drug-likeness (QED) is 0.436. The van der Waals surface area contributed by atoms with Crippen molar-refractivity contribution in [3.8, 4) is 5.75 Å². The summed E-state index contributed by atoms with van der Waals surface area (Å²) in [4.78, 5) is 24.4. The summed E-state index contributed by atoms with van der Waals surface area (Å²) < 4.78 is 23.4. The summed E-state index contributed by atoms with van der Waals surface area (Å²) in [5.41, 5.74) is 1.83. The number of aldehydes is 1. The molecular weight excluding hydrogens is 415 g/mol. The Bertz CT molecular complexity index is 991. The topological polar surface area (TPSA) is 91.8 Å². The summed E-state index contributed by atoms with van der Waals surface area (Å²) in [5.74, 6) is 0.918. The SMILES string of the molecule is CC1CCC(n2cc(C=O)c(=O)[nH]c2=S)O1.COP1OCc2cccc(C)c2O1. The molecule has 8 nitrogen and oxygen atoms in total. The van der Waals surface area contributed by atoms with Crippen LogP contribution in [0.4, 0.5) is 0 Å². The van der Waals surface area contributed by atoms with Gasteiger partial charge in [0.05, 0.1) is 18.3 Å². The maximum absolute atomic E-state index is 11.3. The van der Waals surface area contributed by atoms with E-state index >= 15 is 0 Å². The smallest absolute Gasteiger partial charge is 0.397 e. The van der Waals surface area contributed by atoms with Gasteiger partial charge in [0, 0.05) is 18.9 Å². The van der Waals surface area contributed by atoms with E-state index in [4.69, 9.17) is 30.5 Å². The van der Waals surface area contributed by atoms with Crippen molar-refractivity contribution in [3.63, 3.8) is 0 Å². The number of hydrogen-bond donors (Lipinski definition) is 1. The van der Waals surface area contributed by atoms with Crippen LogP contribution in [0.3, 0.4) is 0 Å². The summed E-state index contributed by atoms with van der Waals surface area (Å²) in [7, 11) is 0.420. The van der Waals surface area contributed by atoms with Crippen LogP contribution in [0.2, 0.25) is 0 Å². The number of nitrogens with zero attached hydrogens (tertiary/aromatic N) is 1. The summed E-state index contributed by atoms with van der Waals surface area (Å²) in [6.07, 6.45) is 3.75. The molecule has 1 N–H and O–H groups in total. The van der Waals surface area contributed by atoms with Gasteiger partial charge in [-0.3, -0.25) is 23.7 Å². The first-order valence-electron chi connectivity index (χ1n) is 9.12. The molecule has 156 valence electrons. The number of hydrogen-bond acceptors (Lipinski definition) is 7. The Kier molecular flexibility index (Phi) is 7.32. The molecule has 2 aliphatic heterocycles. The van der Waals surface area contributed by atoms with E-state index in [1.54, 1.807) is 11.7 Å². The minimum atomic E-state index is -1.17. The van der Waals surface area contributed by atoms with Gasteiger partial charge in [-0.2, -0.15) is 0 Å². The van der Waals surface area contributed by atoms with E-state index in [0.29, 0.717) is 12.9 Å². The number of benzene rings is 1. The highest BCUT2D eigenvalue weighted by molar-refractivity contribution is 7.71. The van der Waals surface area contributed by atoms with Crippen molar-refractivity contribution in [1.82, 2.24) is 9.55 Å². The molecule has 0 aliphatic carbocycles. The molecule has 3 heterocycles. The molecule has 0 saturated carbocycles. The van der Waals surface area contributed by atoms with Gasteiger partial charge >= 0.3 is 8.60 Å². The molecule has 0 radical (unpaired) electrons. The van der Waals surface area contributed by atoms with Gasteiger partial charge in [-0.15, -0.1) is 0 Å². The summed E-state index contributed by atoms with van der Waals surface area (Å²) in [5, 5.41) is 0. The van der Waals surface area contributed by atoms with Crippen LogP contribution in [0.1, 0.15) is 47.5 Å². The maximum Gasteiger partial charge on any atom is 0.397 e. The van der Waals surface area contributed by atoms with E-state index in [2.05, 4.69) is 4.98 Å². The van der Waals surface area contributed by atoms with E-state index in [1.165, 1.54) is 6.20 Å². The fraction of sp³-hybridized carbons (Fsp3) is 0.421. The number of nitrogens with one attached hydrogen (secondary N) is 1. The lowest BCUT2D eigenvalue weighted by atomic mass is 10.1. The van der Waals surface area contributed by atoms with Gasteiger partial charge in [0.25, 0.3) is 5.56 Å². The Labute approximate surface area is 174 Å². The Morgan fingerprint density at radius 2 is 2.17 bits per heavy atom. The first-order valence-corrected chi connectivity index (χ1v) is 10.6. The maximum atomic E-state index is 11.3. The van der Waals surface area contributed by atoms with Crippen molar-refractivity contribution in [2.75, 3.05) is 7.11 Å². The number of rotatable bonds is 3. The number of aromatic amines is 1. The highest BCUT2D eigenvalue weighted by atomic mass is 32.1. The van der Waals surface area contributed by atoms with Crippen molar-refractivity contribution < 1.29 is 23.1 Å². The van der Waals surface area contributed by atoms with Crippen molar-refractivity contribution in [3.05, 3.63) is 56.2 Å². The van der Waals surface area contributed by atoms with Gasteiger partial charge in [-0.25, -0.2) is 0 Å². The normalized spacial score (nSPS) is 22.8. The molecule has 3 unspecified atom stereocenters. The Morgan fingerprint density at radius 1 is 1.38 bits per heavy atom. The van der Waals surface area contributed by atoms with Gasteiger partial charge in [-0.1, -0.05) is 18.2 Å². The second-order valence-electron chi connectivity index (χ2n) is 6.68. The minimum Gasteiger partial charge on any atom is -0.426 e. The highest BCUT2D eigenvalue weighted by Gasteiger charge is 2.24. The largest absolute Gasteiger partial charge is 0.426 e. The van der Waals surface area contributed by atoms with Crippen LogP contribution in [0, 0.1) is 11.7 Å². The van der Waals surface area contributed by atoms with Crippen LogP contribution in [0.5, 0.6) is 5.75 Å². The van der Waals surface area contributed by atoms with Crippen LogP contribution in [0.25, 0.3) is 0 Å². The van der Waals surface area contributed by atoms with Gasteiger partial charge in [0.2, 0.25) is 0 Å². The number of aryl methyl sites for hydroxylation is 1. The first kappa shape index (κ1) is 21.8. The van der Waals surface area contributed by atoms with Crippen LogP contribution in [0.15, 0.2) is 29.2 Å². The summed E-state index contributed by atoms with van der Waals surface area (Å²) in [6, 6.07) is 6.03. The van der Waals surface area contributed by atoms with Gasteiger partial charge in [-0.05, 0) is 44.5 Å². The van der Waals surface area contributed by atoms with E-state index in [9.17, 15) is 9.59 Å². The predicted octanol–water partition coefficient (Wildman–Crippen LogP) is 4.19. The van der Waals surface area contributed by atoms with Crippen LogP contribution in [-0.2, 0) is 20.4 Å². The molecule has 1 fully saturated rings. The zero-order valence-electron chi connectivity index (χ0n) is 16.4. The van der Waals surface area contributed by atoms with Crippen molar-refractivity contribution in [2.24, 2.45) is 0 Å². The third-order valence-electron chi connectivity index (χ3n) is 4.58. The first-order chi connectivity index (χ1) is 13.9. The number of ether oxygens (including phenoxy) is 1.